The van der Waals surface area contributed by atoms with Gasteiger partial charge in [-0.1, -0.05) is 30.3 Å². The average Bonchev–Trinajstić information content (AvgIpc) is 3.65. The molecule has 2 aromatic carbocycles. The van der Waals surface area contributed by atoms with Gasteiger partial charge in [-0.3, -0.25) is 9.89 Å². The van der Waals surface area contributed by atoms with Gasteiger partial charge in [-0.25, -0.2) is 4.39 Å². The van der Waals surface area contributed by atoms with Gasteiger partial charge in [-0.05, 0) is 51.1 Å². The average molecular weight is 603 g/mol. The number of aryl methyl sites for hydroxylation is 1. The van der Waals surface area contributed by atoms with Crippen molar-refractivity contribution in [1.29, 1.82) is 5.26 Å². The molecule has 2 aliphatic heterocycles. The van der Waals surface area contributed by atoms with Crippen molar-refractivity contribution in [1.82, 2.24) is 30.0 Å². The summed E-state index contributed by atoms with van der Waals surface area (Å²) in [6.07, 6.45) is 5.14. The minimum Gasteiger partial charge on any atom is -0.462 e. The number of ether oxygens (including phenoxy) is 1. The predicted octanol–water partition coefficient (Wildman–Crippen LogP) is 4.86. The SMILES string of the molecule is C=CC(=O)N1CCN(c2nc(OCC3CCCN3C)nc3c(F)c(-c4c(C)ccc5cn[nH]c45)c(Cl)cc23)CC1CC#N. The minimum absolute atomic E-state index is 0.0628. The number of likely N-dealkylation sites (N-methyl/N-ethyl adjacent to an activating group) is 1. The van der Waals surface area contributed by atoms with Gasteiger partial charge in [-0.15, -0.1) is 0 Å². The fourth-order valence-corrected chi connectivity index (χ4v) is 6.52. The number of nitrogens with one attached hydrogen (secondary N) is 1. The lowest BCUT2D eigenvalue weighted by molar-refractivity contribution is -0.128. The van der Waals surface area contributed by atoms with Crippen LogP contribution in [0.2, 0.25) is 5.02 Å². The van der Waals surface area contributed by atoms with Crippen LogP contribution in [0.1, 0.15) is 24.8 Å². The standard InChI is InChI=1S/C31H32ClFN8O2/c1-4-24(42)41-13-12-40(16-20(41)9-10-34)30-22-14-23(32)26(25-18(2)7-8-19-15-35-38-28(19)25)27(33)29(22)36-31(37-30)43-17-21-6-5-11-39(21)3/h4,7-8,14-15,20-21H,1,5-6,9,11-13,16-17H2,2-3H3,(H,35,38). The van der Waals surface area contributed by atoms with Crippen LogP contribution in [-0.2, 0) is 4.79 Å². The van der Waals surface area contributed by atoms with E-state index in [4.69, 9.17) is 21.3 Å². The van der Waals surface area contributed by atoms with Crippen molar-refractivity contribution < 1.29 is 13.9 Å². The van der Waals surface area contributed by atoms with Crippen LogP contribution in [0, 0.1) is 24.1 Å². The summed E-state index contributed by atoms with van der Waals surface area (Å²) in [7, 11) is 2.05. The van der Waals surface area contributed by atoms with Crippen LogP contribution in [0.4, 0.5) is 10.2 Å². The van der Waals surface area contributed by atoms with Crippen molar-refractivity contribution in [3.8, 4) is 23.2 Å². The monoisotopic (exact) mass is 602 g/mol. The van der Waals surface area contributed by atoms with E-state index < -0.39 is 11.9 Å². The summed E-state index contributed by atoms with van der Waals surface area (Å²) < 4.78 is 22.9. The highest BCUT2D eigenvalue weighted by Crippen LogP contribution is 2.42. The Labute approximate surface area is 253 Å². The van der Waals surface area contributed by atoms with E-state index in [0.717, 1.165) is 30.3 Å². The molecule has 4 aromatic rings. The van der Waals surface area contributed by atoms with Gasteiger partial charge < -0.3 is 19.4 Å². The number of carbonyl (C=O) groups is 1. The summed E-state index contributed by atoms with van der Waals surface area (Å²) in [6.45, 7) is 7.93. The number of carbonyl (C=O) groups excluding carboxylic acids is 1. The summed E-state index contributed by atoms with van der Waals surface area (Å²) in [5.74, 6) is -0.385. The van der Waals surface area contributed by atoms with E-state index in [2.05, 4.69) is 39.8 Å². The number of hydrogen-bond donors (Lipinski definition) is 1. The third-order valence-electron chi connectivity index (χ3n) is 8.56. The number of nitrogens with zero attached hydrogens (tertiary/aromatic N) is 7. The van der Waals surface area contributed by atoms with E-state index in [0.29, 0.717) is 48.5 Å². The smallest absolute Gasteiger partial charge is 0.319 e. The molecule has 43 heavy (non-hydrogen) atoms. The number of likely N-dealkylation sites (tertiary alicyclic amines) is 1. The Balaban J connectivity index is 1.49. The van der Waals surface area contributed by atoms with Crippen molar-refractivity contribution in [2.75, 3.05) is 44.7 Å². The Bertz CT molecular complexity index is 1770. The van der Waals surface area contributed by atoms with Crippen LogP contribution in [0.5, 0.6) is 6.01 Å². The molecule has 0 aliphatic carbocycles. The second kappa shape index (κ2) is 11.8. The first kappa shape index (κ1) is 28.8. The first-order chi connectivity index (χ1) is 20.8. The molecule has 0 bridgehead atoms. The van der Waals surface area contributed by atoms with Gasteiger partial charge in [0.1, 0.15) is 17.9 Å². The van der Waals surface area contributed by atoms with E-state index in [1.165, 1.54) is 6.08 Å². The molecule has 0 spiro atoms. The fourth-order valence-electron chi connectivity index (χ4n) is 6.23. The molecule has 4 heterocycles. The molecule has 2 atom stereocenters. The van der Waals surface area contributed by atoms with Crippen LogP contribution < -0.4 is 9.64 Å². The van der Waals surface area contributed by atoms with Gasteiger partial charge >= 0.3 is 6.01 Å². The molecule has 0 radical (unpaired) electrons. The Morgan fingerprint density at radius 3 is 2.86 bits per heavy atom. The molecular weight excluding hydrogens is 571 g/mol. The largest absolute Gasteiger partial charge is 0.462 e. The van der Waals surface area contributed by atoms with Crippen molar-refractivity contribution >= 4 is 45.1 Å². The zero-order valence-electron chi connectivity index (χ0n) is 24.1. The summed E-state index contributed by atoms with van der Waals surface area (Å²) in [4.78, 5) is 27.7. The zero-order valence-corrected chi connectivity index (χ0v) is 24.9. The summed E-state index contributed by atoms with van der Waals surface area (Å²) >= 11 is 6.87. The van der Waals surface area contributed by atoms with E-state index in [9.17, 15) is 10.1 Å². The topological polar surface area (TPSA) is 114 Å². The van der Waals surface area contributed by atoms with Gasteiger partial charge in [0.05, 0.1) is 35.3 Å². The molecule has 2 saturated heterocycles. The molecule has 2 unspecified atom stereocenters. The van der Waals surface area contributed by atoms with Crippen LogP contribution in [-0.4, -0.2) is 87.8 Å². The summed E-state index contributed by atoms with van der Waals surface area (Å²) in [5.41, 5.74) is 2.42. The highest BCUT2D eigenvalue weighted by Gasteiger charge is 2.32. The first-order valence-corrected chi connectivity index (χ1v) is 14.7. The normalized spacial score (nSPS) is 19.2. The number of hydrogen-bond acceptors (Lipinski definition) is 8. The van der Waals surface area contributed by atoms with E-state index in [-0.39, 0.29) is 40.5 Å². The number of anilines is 1. The molecule has 1 N–H and O–H groups in total. The van der Waals surface area contributed by atoms with Gasteiger partial charge in [0.15, 0.2) is 5.82 Å². The predicted molar refractivity (Wildman–Crippen MR) is 164 cm³/mol. The molecular formula is C31H32ClFN8O2. The maximum absolute atomic E-state index is 16.8. The highest BCUT2D eigenvalue weighted by molar-refractivity contribution is 6.35. The van der Waals surface area contributed by atoms with Gasteiger partial charge in [0.2, 0.25) is 5.91 Å². The number of H-pyrrole nitrogens is 1. The summed E-state index contributed by atoms with van der Waals surface area (Å²) in [6, 6.07) is 7.57. The van der Waals surface area contributed by atoms with Crippen molar-refractivity contribution in [2.45, 2.75) is 38.3 Å². The van der Waals surface area contributed by atoms with E-state index >= 15 is 4.39 Å². The number of aromatic amines is 1. The second-order valence-corrected chi connectivity index (χ2v) is 11.6. The quantitative estimate of drug-likeness (QED) is 0.298. The molecule has 6 rings (SSSR count). The molecule has 222 valence electrons. The Morgan fingerprint density at radius 1 is 1.28 bits per heavy atom. The van der Waals surface area contributed by atoms with Crippen molar-refractivity contribution in [2.24, 2.45) is 0 Å². The number of rotatable bonds is 7. The van der Waals surface area contributed by atoms with Crippen LogP contribution in [0.25, 0.3) is 32.9 Å². The lowest BCUT2D eigenvalue weighted by Gasteiger charge is -2.41. The number of aromatic nitrogens is 4. The molecule has 2 aromatic heterocycles. The zero-order chi connectivity index (χ0) is 30.2. The number of fused-ring (bicyclic) bond motifs is 2. The van der Waals surface area contributed by atoms with Crippen molar-refractivity contribution in [3.63, 3.8) is 0 Å². The van der Waals surface area contributed by atoms with Gasteiger partial charge in [0, 0.05) is 47.6 Å². The molecule has 2 aliphatic rings. The Kier molecular flexibility index (Phi) is 7.90. The van der Waals surface area contributed by atoms with Crippen LogP contribution in [0.3, 0.4) is 0 Å². The third kappa shape index (κ3) is 5.26. The van der Waals surface area contributed by atoms with Crippen LogP contribution in [0.15, 0.2) is 37.1 Å². The molecule has 2 fully saturated rings. The number of amides is 1. The maximum Gasteiger partial charge on any atom is 0.319 e. The maximum atomic E-state index is 16.8. The molecule has 10 nitrogen and oxygen atoms in total. The Morgan fingerprint density at radius 2 is 2.12 bits per heavy atom. The number of nitriles is 1. The van der Waals surface area contributed by atoms with Gasteiger partial charge in [-0.2, -0.15) is 20.3 Å². The lowest BCUT2D eigenvalue weighted by atomic mass is 9.96. The van der Waals surface area contributed by atoms with E-state index in [1.54, 1.807) is 17.2 Å². The van der Waals surface area contributed by atoms with Crippen molar-refractivity contribution in [3.05, 3.63) is 53.5 Å². The second-order valence-electron chi connectivity index (χ2n) is 11.2. The third-order valence-corrected chi connectivity index (χ3v) is 8.86. The number of halogens is 2. The molecule has 12 heteroatoms. The van der Waals surface area contributed by atoms with Crippen LogP contribution >= 0.6 is 11.6 Å². The van der Waals surface area contributed by atoms with E-state index in [1.807, 2.05) is 24.0 Å². The number of benzene rings is 2. The highest BCUT2D eigenvalue weighted by atomic mass is 35.5. The lowest BCUT2D eigenvalue weighted by Crippen LogP contribution is -2.55. The first-order valence-electron chi connectivity index (χ1n) is 14.3. The molecule has 1 amide bonds. The fraction of sp³-hybridized carbons (Fsp3) is 0.387. The minimum atomic E-state index is -0.590. The molecule has 0 saturated carbocycles. The summed E-state index contributed by atoms with van der Waals surface area (Å²) in [5, 5.41) is 18.1. The van der Waals surface area contributed by atoms with Gasteiger partial charge in [0.25, 0.3) is 0 Å². The Hall–Kier alpha value is -4.27. The number of piperazine rings is 1.